The zero-order valence-corrected chi connectivity index (χ0v) is 11.9. The van der Waals surface area contributed by atoms with Gasteiger partial charge in [-0.05, 0) is 37.6 Å². The summed E-state index contributed by atoms with van der Waals surface area (Å²) in [6.07, 6.45) is 1.03. The molecule has 1 heterocycles. The van der Waals surface area contributed by atoms with Crippen LogP contribution in [0, 0.1) is 0 Å². The van der Waals surface area contributed by atoms with Crippen LogP contribution in [0.5, 0.6) is 0 Å². The standard InChI is InChI=1S/C15H17NO5/c1-9(20-2)3-6-14(17)16-11-4-5-12-10(7-11)8-13(21-12)15(18)19/h4-5,7-9H,3,6H2,1-2H3,(H,16,17)(H,18,19). The van der Waals surface area contributed by atoms with E-state index in [1.807, 2.05) is 6.92 Å². The lowest BCUT2D eigenvalue weighted by molar-refractivity contribution is -0.116. The number of anilines is 1. The van der Waals surface area contributed by atoms with Crippen molar-refractivity contribution in [2.24, 2.45) is 0 Å². The molecule has 1 amide bonds. The number of nitrogens with one attached hydrogen (secondary N) is 1. The van der Waals surface area contributed by atoms with Crippen LogP contribution in [-0.2, 0) is 9.53 Å². The number of methoxy groups -OCH3 is 1. The fraction of sp³-hybridized carbons (Fsp3) is 0.333. The summed E-state index contributed by atoms with van der Waals surface area (Å²) in [5, 5.41) is 12.3. The lowest BCUT2D eigenvalue weighted by Gasteiger charge is -2.09. The highest BCUT2D eigenvalue weighted by molar-refractivity contribution is 5.95. The number of furan rings is 1. The Bertz CT molecular complexity index is 661. The summed E-state index contributed by atoms with van der Waals surface area (Å²) in [5.74, 6) is -1.35. The quantitative estimate of drug-likeness (QED) is 0.854. The van der Waals surface area contributed by atoms with Crippen LogP contribution >= 0.6 is 0 Å². The Morgan fingerprint density at radius 1 is 1.38 bits per heavy atom. The molecule has 6 nitrogen and oxygen atoms in total. The Hall–Kier alpha value is -2.34. The number of hydrogen-bond acceptors (Lipinski definition) is 4. The van der Waals surface area contributed by atoms with Crippen LogP contribution in [0.3, 0.4) is 0 Å². The summed E-state index contributed by atoms with van der Waals surface area (Å²) in [5.41, 5.74) is 1.08. The number of benzene rings is 1. The predicted molar refractivity (Wildman–Crippen MR) is 77.5 cm³/mol. The van der Waals surface area contributed by atoms with Gasteiger partial charge in [-0.2, -0.15) is 0 Å². The summed E-state index contributed by atoms with van der Waals surface area (Å²) in [4.78, 5) is 22.6. The molecule has 0 spiro atoms. The molecule has 0 bridgehead atoms. The third-order valence-corrected chi connectivity index (χ3v) is 3.19. The van der Waals surface area contributed by atoms with Gasteiger partial charge in [0.05, 0.1) is 6.10 Å². The zero-order valence-electron chi connectivity index (χ0n) is 11.9. The topological polar surface area (TPSA) is 88.8 Å². The van der Waals surface area contributed by atoms with E-state index in [4.69, 9.17) is 14.3 Å². The molecule has 2 aromatic rings. The van der Waals surface area contributed by atoms with E-state index in [9.17, 15) is 9.59 Å². The summed E-state index contributed by atoms with van der Waals surface area (Å²) in [7, 11) is 1.61. The molecule has 0 aliphatic carbocycles. The zero-order chi connectivity index (χ0) is 15.4. The maximum absolute atomic E-state index is 11.8. The Morgan fingerprint density at radius 2 is 2.14 bits per heavy atom. The molecule has 0 aliphatic rings. The number of fused-ring (bicyclic) bond motifs is 1. The van der Waals surface area contributed by atoms with Gasteiger partial charge in [0, 0.05) is 24.6 Å². The van der Waals surface area contributed by atoms with Crippen molar-refractivity contribution in [2.45, 2.75) is 25.9 Å². The van der Waals surface area contributed by atoms with E-state index in [2.05, 4.69) is 5.32 Å². The molecular weight excluding hydrogens is 274 g/mol. The smallest absolute Gasteiger partial charge is 0.371 e. The molecule has 6 heteroatoms. The Kier molecular flexibility index (Phi) is 4.59. The van der Waals surface area contributed by atoms with E-state index in [0.717, 1.165) is 0 Å². The van der Waals surface area contributed by atoms with Crippen molar-refractivity contribution in [3.63, 3.8) is 0 Å². The number of hydrogen-bond donors (Lipinski definition) is 2. The minimum atomic E-state index is -1.12. The number of carbonyl (C=O) groups excluding carboxylic acids is 1. The van der Waals surface area contributed by atoms with Crippen molar-refractivity contribution in [1.29, 1.82) is 0 Å². The number of ether oxygens (including phenoxy) is 1. The van der Waals surface area contributed by atoms with Gasteiger partial charge in [0.1, 0.15) is 5.58 Å². The number of carbonyl (C=O) groups is 2. The van der Waals surface area contributed by atoms with E-state index in [1.54, 1.807) is 25.3 Å². The maximum atomic E-state index is 11.8. The third kappa shape index (κ3) is 3.82. The second kappa shape index (κ2) is 6.41. The first-order valence-corrected chi connectivity index (χ1v) is 6.59. The highest BCUT2D eigenvalue weighted by Crippen LogP contribution is 2.23. The molecule has 1 atom stereocenters. The van der Waals surface area contributed by atoms with E-state index < -0.39 is 5.97 Å². The fourth-order valence-corrected chi connectivity index (χ4v) is 1.90. The minimum absolute atomic E-state index is 0.0326. The molecule has 0 radical (unpaired) electrons. The van der Waals surface area contributed by atoms with Crippen molar-refractivity contribution in [3.05, 3.63) is 30.0 Å². The highest BCUT2D eigenvalue weighted by Gasteiger charge is 2.11. The molecule has 21 heavy (non-hydrogen) atoms. The fourth-order valence-electron chi connectivity index (χ4n) is 1.90. The molecule has 0 saturated carbocycles. The maximum Gasteiger partial charge on any atom is 0.371 e. The van der Waals surface area contributed by atoms with E-state index >= 15 is 0 Å². The highest BCUT2D eigenvalue weighted by atomic mass is 16.5. The van der Waals surface area contributed by atoms with Gasteiger partial charge in [-0.3, -0.25) is 4.79 Å². The Labute approximate surface area is 121 Å². The van der Waals surface area contributed by atoms with Crippen LogP contribution in [0.15, 0.2) is 28.7 Å². The van der Waals surface area contributed by atoms with Crippen LogP contribution in [0.1, 0.15) is 30.3 Å². The molecule has 0 saturated heterocycles. The summed E-state index contributed by atoms with van der Waals surface area (Å²) in [6, 6.07) is 6.42. The van der Waals surface area contributed by atoms with Gasteiger partial charge in [-0.15, -0.1) is 0 Å². The van der Waals surface area contributed by atoms with Gasteiger partial charge >= 0.3 is 5.97 Å². The normalized spacial score (nSPS) is 12.3. The first-order chi connectivity index (χ1) is 9.99. The van der Waals surface area contributed by atoms with Crippen molar-refractivity contribution < 1.29 is 23.8 Å². The predicted octanol–water partition coefficient (Wildman–Crippen LogP) is 2.88. The van der Waals surface area contributed by atoms with Crippen molar-refractivity contribution >= 4 is 28.5 Å². The number of aromatic carboxylic acids is 1. The molecule has 0 fully saturated rings. The molecule has 2 rings (SSSR count). The van der Waals surface area contributed by atoms with Crippen molar-refractivity contribution in [3.8, 4) is 0 Å². The second-order valence-corrected chi connectivity index (χ2v) is 4.80. The van der Waals surface area contributed by atoms with Gasteiger partial charge in [-0.25, -0.2) is 4.79 Å². The number of carboxylic acids is 1. The summed E-state index contributed by atoms with van der Waals surface area (Å²) < 4.78 is 10.2. The molecule has 0 aliphatic heterocycles. The van der Waals surface area contributed by atoms with Crippen LogP contribution in [0.2, 0.25) is 0 Å². The van der Waals surface area contributed by atoms with Crippen LogP contribution in [0.25, 0.3) is 11.0 Å². The first kappa shape index (κ1) is 15.1. The number of amides is 1. The molecule has 1 aromatic carbocycles. The van der Waals surface area contributed by atoms with Gasteiger partial charge in [-0.1, -0.05) is 0 Å². The summed E-state index contributed by atoms with van der Waals surface area (Å²) in [6.45, 7) is 1.90. The number of rotatable bonds is 6. The van der Waals surface area contributed by atoms with Gasteiger partial charge in [0.2, 0.25) is 11.7 Å². The van der Waals surface area contributed by atoms with Crippen LogP contribution < -0.4 is 5.32 Å². The van der Waals surface area contributed by atoms with Crippen molar-refractivity contribution in [2.75, 3.05) is 12.4 Å². The molecule has 2 N–H and O–H groups in total. The lowest BCUT2D eigenvalue weighted by atomic mass is 10.2. The van der Waals surface area contributed by atoms with Crippen LogP contribution in [0.4, 0.5) is 5.69 Å². The third-order valence-electron chi connectivity index (χ3n) is 3.19. The largest absolute Gasteiger partial charge is 0.475 e. The van der Waals surface area contributed by atoms with Crippen molar-refractivity contribution in [1.82, 2.24) is 0 Å². The van der Waals surface area contributed by atoms with E-state index in [0.29, 0.717) is 29.5 Å². The van der Waals surface area contributed by atoms with Gasteiger partial charge in [0.15, 0.2) is 0 Å². The molecule has 1 unspecified atom stereocenters. The minimum Gasteiger partial charge on any atom is -0.475 e. The Morgan fingerprint density at radius 3 is 2.81 bits per heavy atom. The van der Waals surface area contributed by atoms with E-state index in [-0.39, 0.29) is 17.8 Å². The average Bonchev–Trinajstić information content (AvgIpc) is 2.88. The Balaban J connectivity index is 2.05. The summed E-state index contributed by atoms with van der Waals surface area (Å²) >= 11 is 0. The first-order valence-electron chi connectivity index (χ1n) is 6.59. The van der Waals surface area contributed by atoms with E-state index in [1.165, 1.54) is 6.07 Å². The average molecular weight is 291 g/mol. The van der Waals surface area contributed by atoms with Crippen LogP contribution in [-0.4, -0.2) is 30.2 Å². The number of carboxylic acid groups (broad SMARTS) is 1. The van der Waals surface area contributed by atoms with Gasteiger partial charge < -0.3 is 19.6 Å². The second-order valence-electron chi connectivity index (χ2n) is 4.80. The molecular formula is C15H17NO5. The SMILES string of the molecule is COC(C)CCC(=O)Nc1ccc2oc(C(=O)O)cc2c1. The van der Waals surface area contributed by atoms with Gasteiger partial charge in [0.25, 0.3) is 0 Å². The monoisotopic (exact) mass is 291 g/mol. The molecule has 1 aromatic heterocycles. The lowest BCUT2D eigenvalue weighted by Crippen LogP contribution is -2.15. The molecule has 112 valence electrons.